The highest BCUT2D eigenvalue weighted by atomic mass is 32.2. The van der Waals surface area contributed by atoms with Crippen LogP contribution in [0.5, 0.6) is 0 Å². The van der Waals surface area contributed by atoms with Crippen LogP contribution in [0.2, 0.25) is 0 Å². The Bertz CT molecular complexity index is 851. The molecular formula is C17H22N4O4S. The fourth-order valence-electron chi connectivity index (χ4n) is 2.84. The van der Waals surface area contributed by atoms with E-state index in [0.29, 0.717) is 13.2 Å². The van der Waals surface area contributed by atoms with E-state index in [1.165, 1.54) is 10.6 Å². The molecule has 0 bridgehead atoms. The van der Waals surface area contributed by atoms with Gasteiger partial charge in [-0.15, -0.1) is 0 Å². The number of carbonyl (C=O) groups is 1. The molecule has 2 heterocycles. The van der Waals surface area contributed by atoms with Crippen LogP contribution in [0.1, 0.15) is 0 Å². The molecule has 1 aliphatic heterocycles. The summed E-state index contributed by atoms with van der Waals surface area (Å²) in [4.78, 5) is 16.6. The van der Waals surface area contributed by atoms with Crippen LogP contribution in [0, 0.1) is 0 Å². The van der Waals surface area contributed by atoms with Gasteiger partial charge in [-0.1, -0.05) is 30.3 Å². The SMILES string of the molecule is CS(=O)(=O)N1CCOC(CNC(=O)Cn2ccnc2-c2ccccc2)C1. The molecule has 0 spiro atoms. The summed E-state index contributed by atoms with van der Waals surface area (Å²) in [6, 6.07) is 9.64. The Hall–Kier alpha value is -2.23. The van der Waals surface area contributed by atoms with Crippen LogP contribution in [0.3, 0.4) is 0 Å². The second-order valence-electron chi connectivity index (χ2n) is 6.16. The van der Waals surface area contributed by atoms with Gasteiger partial charge in [0.1, 0.15) is 12.4 Å². The van der Waals surface area contributed by atoms with Crippen LogP contribution in [-0.4, -0.2) is 66.8 Å². The molecule has 3 rings (SSSR count). The van der Waals surface area contributed by atoms with E-state index >= 15 is 0 Å². The summed E-state index contributed by atoms with van der Waals surface area (Å²) in [5.41, 5.74) is 0.935. The van der Waals surface area contributed by atoms with Crippen molar-refractivity contribution in [2.75, 3.05) is 32.5 Å². The van der Waals surface area contributed by atoms with Gasteiger partial charge in [0.15, 0.2) is 0 Å². The summed E-state index contributed by atoms with van der Waals surface area (Å²) in [7, 11) is -3.25. The van der Waals surface area contributed by atoms with Crippen LogP contribution >= 0.6 is 0 Å². The highest BCUT2D eigenvalue weighted by Crippen LogP contribution is 2.16. The van der Waals surface area contributed by atoms with Gasteiger partial charge in [-0.05, 0) is 0 Å². The minimum Gasteiger partial charge on any atom is -0.374 e. The summed E-state index contributed by atoms with van der Waals surface area (Å²) < 4.78 is 31.9. The normalized spacial score (nSPS) is 18.6. The van der Waals surface area contributed by atoms with Crippen molar-refractivity contribution >= 4 is 15.9 Å². The molecule has 140 valence electrons. The zero-order valence-electron chi connectivity index (χ0n) is 14.5. The van der Waals surface area contributed by atoms with Crippen LogP contribution in [0.4, 0.5) is 0 Å². The Balaban J connectivity index is 1.55. The molecule has 2 aromatic rings. The van der Waals surface area contributed by atoms with Crippen molar-refractivity contribution in [1.29, 1.82) is 0 Å². The summed E-state index contributed by atoms with van der Waals surface area (Å²) >= 11 is 0. The van der Waals surface area contributed by atoms with E-state index in [1.807, 2.05) is 30.3 Å². The van der Waals surface area contributed by atoms with Gasteiger partial charge in [0.25, 0.3) is 0 Å². The molecule has 1 aromatic carbocycles. The second-order valence-corrected chi connectivity index (χ2v) is 8.15. The van der Waals surface area contributed by atoms with Crippen LogP contribution in [-0.2, 0) is 26.1 Å². The average Bonchev–Trinajstić information content (AvgIpc) is 3.08. The molecule has 1 aromatic heterocycles. The molecule has 8 nitrogen and oxygen atoms in total. The molecule has 1 saturated heterocycles. The maximum Gasteiger partial charge on any atom is 0.240 e. The Morgan fingerprint density at radius 1 is 1.35 bits per heavy atom. The molecule has 1 atom stereocenters. The van der Waals surface area contributed by atoms with Gasteiger partial charge in [0.2, 0.25) is 15.9 Å². The van der Waals surface area contributed by atoms with E-state index in [9.17, 15) is 13.2 Å². The van der Waals surface area contributed by atoms with Gasteiger partial charge >= 0.3 is 0 Å². The minimum absolute atomic E-state index is 0.132. The Morgan fingerprint density at radius 2 is 2.12 bits per heavy atom. The number of nitrogens with zero attached hydrogens (tertiary/aromatic N) is 3. The van der Waals surface area contributed by atoms with E-state index in [4.69, 9.17) is 4.74 Å². The first-order valence-electron chi connectivity index (χ1n) is 8.33. The molecule has 1 fully saturated rings. The highest BCUT2D eigenvalue weighted by Gasteiger charge is 2.26. The summed E-state index contributed by atoms with van der Waals surface area (Å²) in [6.45, 7) is 1.32. The number of morpholine rings is 1. The van der Waals surface area contributed by atoms with Crippen molar-refractivity contribution < 1.29 is 17.9 Å². The lowest BCUT2D eigenvalue weighted by Gasteiger charge is -2.31. The fraction of sp³-hybridized carbons (Fsp3) is 0.412. The fourth-order valence-corrected chi connectivity index (χ4v) is 3.68. The number of amides is 1. The molecule has 0 aliphatic carbocycles. The number of hydrogen-bond acceptors (Lipinski definition) is 5. The van der Waals surface area contributed by atoms with Crippen LogP contribution < -0.4 is 5.32 Å². The van der Waals surface area contributed by atoms with Gasteiger partial charge in [-0.3, -0.25) is 4.79 Å². The molecule has 9 heteroatoms. The summed E-state index contributed by atoms with van der Waals surface area (Å²) in [5.74, 6) is 0.540. The van der Waals surface area contributed by atoms with E-state index in [1.54, 1.807) is 17.0 Å². The molecule has 1 N–H and O–H groups in total. The number of aromatic nitrogens is 2. The average molecular weight is 378 g/mol. The van der Waals surface area contributed by atoms with Crippen LogP contribution in [0.25, 0.3) is 11.4 Å². The van der Waals surface area contributed by atoms with Crippen molar-refractivity contribution in [2.45, 2.75) is 12.6 Å². The summed E-state index contributed by atoms with van der Waals surface area (Å²) in [5, 5.41) is 2.81. The maximum atomic E-state index is 12.3. The van der Waals surface area contributed by atoms with E-state index < -0.39 is 10.0 Å². The minimum atomic E-state index is -3.25. The maximum absolute atomic E-state index is 12.3. The molecule has 1 aliphatic rings. The Morgan fingerprint density at radius 3 is 2.85 bits per heavy atom. The number of nitrogens with one attached hydrogen (secondary N) is 1. The molecule has 1 unspecified atom stereocenters. The standard InChI is InChI=1S/C17H22N4O4S/c1-26(23,24)21-9-10-25-15(12-21)11-19-16(22)13-20-8-7-18-17(20)14-5-3-2-4-6-14/h2-8,15H,9-13H2,1H3,(H,19,22). The van der Waals surface area contributed by atoms with Gasteiger partial charge in [-0.2, -0.15) is 4.31 Å². The van der Waals surface area contributed by atoms with Gasteiger partial charge < -0.3 is 14.6 Å². The monoisotopic (exact) mass is 378 g/mol. The van der Waals surface area contributed by atoms with Crippen molar-refractivity contribution in [1.82, 2.24) is 19.2 Å². The van der Waals surface area contributed by atoms with E-state index in [2.05, 4.69) is 10.3 Å². The van der Waals surface area contributed by atoms with Crippen molar-refractivity contribution in [3.63, 3.8) is 0 Å². The third-order valence-electron chi connectivity index (χ3n) is 4.16. The van der Waals surface area contributed by atoms with E-state index in [-0.39, 0.29) is 31.6 Å². The molecule has 0 radical (unpaired) electrons. The smallest absolute Gasteiger partial charge is 0.240 e. The molecule has 1 amide bonds. The summed E-state index contributed by atoms with van der Waals surface area (Å²) in [6.07, 6.45) is 4.24. The number of benzene rings is 1. The molecule has 0 saturated carbocycles. The van der Waals surface area contributed by atoms with Crippen LogP contribution in [0.15, 0.2) is 42.7 Å². The third-order valence-corrected chi connectivity index (χ3v) is 5.43. The lowest BCUT2D eigenvalue weighted by Crippen LogP contribution is -2.49. The van der Waals surface area contributed by atoms with Crippen molar-refractivity contribution in [3.8, 4) is 11.4 Å². The zero-order valence-corrected chi connectivity index (χ0v) is 15.4. The zero-order chi connectivity index (χ0) is 18.6. The lowest BCUT2D eigenvalue weighted by molar-refractivity contribution is -0.122. The second kappa shape index (κ2) is 7.98. The third kappa shape index (κ3) is 4.69. The quantitative estimate of drug-likeness (QED) is 0.782. The largest absolute Gasteiger partial charge is 0.374 e. The first kappa shape index (κ1) is 18.6. The number of ether oxygens (including phenoxy) is 1. The van der Waals surface area contributed by atoms with Gasteiger partial charge in [0, 0.05) is 37.6 Å². The predicted molar refractivity (Wildman–Crippen MR) is 96.8 cm³/mol. The number of carbonyl (C=O) groups excluding carboxylic acids is 1. The lowest BCUT2D eigenvalue weighted by atomic mass is 10.2. The number of rotatable bonds is 6. The first-order chi connectivity index (χ1) is 12.4. The first-order valence-corrected chi connectivity index (χ1v) is 10.2. The van der Waals surface area contributed by atoms with Gasteiger partial charge in [-0.25, -0.2) is 13.4 Å². The number of imidazole rings is 1. The number of hydrogen-bond donors (Lipinski definition) is 1. The van der Waals surface area contributed by atoms with Crippen molar-refractivity contribution in [2.24, 2.45) is 0 Å². The molecule has 26 heavy (non-hydrogen) atoms. The van der Waals surface area contributed by atoms with E-state index in [0.717, 1.165) is 11.4 Å². The highest BCUT2D eigenvalue weighted by molar-refractivity contribution is 7.88. The van der Waals surface area contributed by atoms with Gasteiger partial charge in [0.05, 0.1) is 19.0 Å². The predicted octanol–water partition coefficient (Wildman–Crippen LogP) is 0.327. The number of sulfonamides is 1. The topological polar surface area (TPSA) is 93.5 Å². The Labute approximate surface area is 152 Å². The molecular weight excluding hydrogens is 356 g/mol. The Kier molecular flexibility index (Phi) is 5.70. The van der Waals surface area contributed by atoms with Crippen molar-refractivity contribution in [3.05, 3.63) is 42.7 Å².